The van der Waals surface area contributed by atoms with E-state index in [4.69, 9.17) is 23.5 Å². The van der Waals surface area contributed by atoms with Crippen molar-refractivity contribution < 1.29 is 23.5 Å². The summed E-state index contributed by atoms with van der Waals surface area (Å²) in [6.45, 7) is 10.5. The van der Waals surface area contributed by atoms with Crippen LogP contribution in [0.3, 0.4) is 0 Å². The van der Waals surface area contributed by atoms with Crippen LogP contribution < -0.4 is 14.9 Å². The van der Waals surface area contributed by atoms with Crippen LogP contribution in [0.25, 0.3) is 0 Å². The Kier molecular flexibility index (Phi) is 5.33. The molecule has 6 heteroatoms. The molecular weight excluding hydrogens is 319 g/mol. The molecule has 0 saturated carbocycles. The van der Waals surface area contributed by atoms with Crippen LogP contribution in [0.15, 0.2) is 18.2 Å². The zero-order chi connectivity index (χ0) is 18.1. The molecule has 3 rings (SSSR count). The molecule has 25 heavy (non-hydrogen) atoms. The lowest BCUT2D eigenvalue weighted by Gasteiger charge is -2.32. The van der Waals surface area contributed by atoms with Gasteiger partial charge in [-0.3, -0.25) is 0 Å². The summed E-state index contributed by atoms with van der Waals surface area (Å²) in [5, 5.41) is 0. The summed E-state index contributed by atoms with van der Waals surface area (Å²) in [7, 11) is 1.26. The Labute approximate surface area is 151 Å². The topological polar surface area (TPSA) is 46.2 Å². The highest BCUT2D eigenvalue weighted by atomic mass is 16.7. The molecule has 0 spiro atoms. The summed E-state index contributed by atoms with van der Waals surface area (Å²) in [5.41, 5.74) is 0.223. The van der Waals surface area contributed by atoms with Gasteiger partial charge in [0.1, 0.15) is 0 Å². The molecule has 0 aliphatic carbocycles. The molecule has 0 amide bonds. The zero-order valence-electron chi connectivity index (χ0n) is 16.0. The monoisotopic (exact) mass is 348 g/mol. The fourth-order valence-corrected chi connectivity index (χ4v) is 3.05. The minimum Gasteiger partial charge on any atom is -0.493 e. The maximum absolute atomic E-state index is 6.11. The first-order valence-electron chi connectivity index (χ1n) is 9.06. The van der Waals surface area contributed by atoms with Crippen molar-refractivity contribution in [2.24, 2.45) is 5.92 Å². The van der Waals surface area contributed by atoms with Gasteiger partial charge in [-0.25, -0.2) is 0 Å². The van der Waals surface area contributed by atoms with Crippen LogP contribution in [0.2, 0.25) is 0 Å². The maximum Gasteiger partial charge on any atom is 0.494 e. The SMILES string of the molecule is COc1cc(B2OC(C)(C)C(C)(C)O2)ccc1OCC1CCOCC1. The fourth-order valence-electron chi connectivity index (χ4n) is 3.05. The number of hydrogen-bond donors (Lipinski definition) is 0. The number of ether oxygens (including phenoxy) is 3. The van der Waals surface area contributed by atoms with Crippen LogP contribution in [0, 0.1) is 5.92 Å². The van der Waals surface area contributed by atoms with Crippen molar-refractivity contribution in [3.63, 3.8) is 0 Å². The molecule has 2 fully saturated rings. The lowest BCUT2D eigenvalue weighted by Crippen LogP contribution is -2.41. The molecule has 5 nitrogen and oxygen atoms in total. The quantitative estimate of drug-likeness (QED) is 0.766. The van der Waals surface area contributed by atoms with Gasteiger partial charge >= 0.3 is 7.12 Å². The molecule has 0 atom stereocenters. The lowest BCUT2D eigenvalue weighted by atomic mass is 9.79. The second kappa shape index (κ2) is 7.18. The van der Waals surface area contributed by atoms with Crippen molar-refractivity contribution >= 4 is 12.6 Å². The second-order valence-corrected chi connectivity index (χ2v) is 7.87. The van der Waals surface area contributed by atoms with Gasteiger partial charge < -0.3 is 23.5 Å². The minimum atomic E-state index is -0.400. The molecule has 138 valence electrons. The van der Waals surface area contributed by atoms with E-state index in [9.17, 15) is 0 Å². The molecule has 0 unspecified atom stereocenters. The van der Waals surface area contributed by atoms with Gasteiger partial charge in [0.15, 0.2) is 11.5 Å². The minimum absolute atomic E-state index is 0.358. The van der Waals surface area contributed by atoms with E-state index >= 15 is 0 Å². The predicted molar refractivity (Wildman–Crippen MR) is 97.7 cm³/mol. The summed E-state index contributed by atoms with van der Waals surface area (Å²) < 4.78 is 29.2. The van der Waals surface area contributed by atoms with E-state index in [1.807, 2.05) is 18.2 Å². The standard InChI is InChI=1S/C19H29BO5/c1-18(2)19(3,4)25-20(24-18)15-6-7-16(17(12-15)21-5)23-13-14-8-10-22-11-9-14/h6-7,12,14H,8-11,13H2,1-5H3. The van der Waals surface area contributed by atoms with Crippen molar-refractivity contribution in [3.05, 3.63) is 18.2 Å². The Morgan fingerprint density at radius 1 is 1.04 bits per heavy atom. The molecule has 2 saturated heterocycles. The molecule has 0 N–H and O–H groups in total. The van der Waals surface area contributed by atoms with Crippen molar-refractivity contribution in [1.29, 1.82) is 0 Å². The van der Waals surface area contributed by atoms with E-state index in [1.54, 1.807) is 7.11 Å². The largest absolute Gasteiger partial charge is 0.494 e. The predicted octanol–water partition coefficient (Wildman–Crippen LogP) is 2.80. The molecule has 0 bridgehead atoms. The van der Waals surface area contributed by atoms with Gasteiger partial charge in [-0.15, -0.1) is 0 Å². The van der Waals surface area contributed by atoms with Gasteiger partial charge in [0.05, 0.1) is 24.9 Å². The van der Waals surface area contributed by atoms with E-state index in [1.165, 1.54) is 0 Å². The third-order valence-electron chi connectivity index (χ3n) is 5.53. The van der Waals surface area contributed by atoms with Gasteiger partial charge in [0, 0.05) is 13.2 Å². The molecular formula is C19H29BO5. The molecule has 1 aromatic rings. The Morgan fingerprint density at radius 2 is 1.68 bits per heavy atom. The Bertz CT molecular complexity index is 579. The third-order valence-corrected chi connectivity index (χ3v) is 5.53. The summed E-state index contributed by atoms with van der Waals surface area (Å²) in [4.78, 5) is 0. The van der Waals surface area contributed by atoms with Crippen LogP contribution in [0.4, 0.5) is 0 Å². The lowest BCUT2D eigenvalue weighted by molar-refractivity contribution is 0.00578. The average molecular weight is 348 g/mol. The number of hydrogen-bond acceptors (Lipinski definition) is 5. The second-order valence-electron chi connectivity index (χ2n) is 7.87. The summed E-state index contributed by atoms with van der Waals surface area (Å²) in [6.07, 6.45) is 2.10. The van der Waals surface area contributed by atoms with Crippen LogP contribution in [0.1, 0.15) is 40.5 Å². The smallest absolute Gasteiger partial charge is 0.493 e. The van der Waals surface area contributed by atoms with Crippen LogP contribution >= 0.6 is 0 Å². The van der Waals surface area contributed by atoms with E-state index in [0.717, 1.165) is 37.3 Å². The molecule has 1 aromatic carbocycles. The van der Waals surface area contributed by atoms with Crippen molar-refractivity contribution in [2.75, 3.05) is 26.9 Å². The zero-order valence-corrected chi connectivity index (χ0v) is 16.0. The molecule has 0 radical (unpaired) electrons. The van der Waals surface area contributed by atoms with Crippen molar-refractivity contribution in [2.45, 2.75) is 51.7 Å². The summed E-state index contributed by atoms with van der Waals surface area (Å²) in [5.74, 6) is 2.01. The van der Waals surface area contributed by atoms with Crippen molar-refractivity contribution in [3.8, 4) is 11.5 Å². The highest BCUT2D eigenvalue weighted by Gasteiger charge is 2.51. The normalized spacial score (nSPS) is 22.8. The third kappa shape index (κ3) is 3.96. The van der Waals surface area contributed by atoms with Crippen LogP contribution in [-0.2, 0) is 14.0 Å². The number of benzene rings is 1. The van der Waals surface area contributed by atoms with E-state index < -0.39 is 7.12 Å². The molecule has 0 aromatic heterocycles. The Balaban J connectivity index is 1.69. The average Bonchev–Trinajstić information content (AvgIpc) is 2.81. The van der Waals surface area contributed by atoms with Gasteiger partial charge in [0.25, 0.3) is 0 Å². The molecule has 2 aliphatic rings. The molecule has 2 heterocycles. The first-order chi connectivity index (χ1) is 11.8. The van der Waals surface area contributed by atoms with E-state index in [-0.39, 0.29) is 11.2 Å². The van der Waals surface area contributed by atoms with Gasteiger partial charge in [-0.2, -0.15) is 0 Å². The van der Waals surface area contributed by atoms with E-state index in [0.29, 0.717) is 18.3 Å². The number of methoxy groups -OCH3 is 1. The first-order valence-corrected chi connectivity index (χ1v) is 9.06. The highest BCUT2D eigenvalue weighted by molar-refractivity contribution is 6.62. The highest BCUT2D eigenvalue weighted by Crippen LogP contribution is 2.37. The molecule has 2 aliphatic heterocycles. The van der Waals surface area contributed by atoms with Crippen LogP contribution in [-0.4, -0.2) is 45.3 Å². The number of rotatable bonds is 5. The van der Waals surface area contributed by atoms with Crippen LogP contribution in [0.5, 0.6) is 11.5 Å². The van der Waals surface area contributed by atoms with Gasteiger partial charge in [0.2, 0.25) is 0 Å². The fraction of sp³-hybridized carbons (Fsp3) is 0.684. The Hall–Kier alpha value is -1.24. The van der Waals surface area contributed by atoms with Gasteiger partial charge in [-0.05, 0) is 64.1 Å². The van der Waals surface area contributed by atoms with Gasteiger partial charge in [-0.1, -0.05) is 6.07 Å². The maximum atomic E-state index is 6.11. The summed E-state index contributed by atoms with van der Waals surface area (Å²) in [6, 6.07) is 5.88. The first kappa shape index (κ1) is 18.6. The Morgan fingerprint density at radius 3 is 2.28 bits per heavy atom. The summed E-state index contributed by atoms with van der Waals surface area (Å²) >= 11 is 0. The van der Waals surface area contributed by atoms with E-state index in [2.05, 4.69) is 27.7 Å². The van der Waals surface area contributed by atoms with Crippen molar-refractivity contribution in [1.82, 2.24) is 0 Å².